The molecule has 6 nitrogen and oxygen atoms in total. The Kier molecular flexibility index (Phi) is 5.02. The van der Waals surface area contributed by atoms with Gasteiger partial charge in [0.25, 0.3) is 5.91 Å². The van der Waals surface area contributed by atoms with Crippen molar-refractivity contribution in [2.45, 2.75) is 19.9 Å². The van der Waals surface area contributed by atoms with Gasteiger partial charge in [0.05, 0.1) is 0 Å². The summed E-state index contributed by atoms with van der Waals surface area (Å²) < 4.78 is 5.33. The molecule has 0 bridgehead atoms. The molecular weight excluding hydrogens is 328 g/mol. The Balaban J connectivity index is 1.70. The van der Waals surface area contributed by atoms with Crippen molar-refractivity contribution in [3.8, 4) is 11.4 Å². The van der Waals surface area contributed by atoms with Gasteiger partial charge < -0.3 is 14.7 Å². The predicted molar refractivity (Wildman–Crippen MR) is 101 cm³/mol. The molecular formula is C20H22N4O2. The molecule has 1 N–H and O–H groups in total. The highest BCUT2D eigenvalue weighted by Gasteiger charge is 2.18. The molecule has 3 rings (SSSR count). The average Bonchev–Trinajstić information content (AvgIpc) is 3.12. The van der Waals surface area contributed by atoms with Crippen LogP contribution in [-0.2, 0) is 0 Å². The summed E-state index contributed by atoms with van der Waals surface area (Å²) in [6.45, 7) is 3.80. The second kappa shape index (κ2) is 7.39. The molecule has 0 saturated heterocycles. The molecule has 134 valence electrons. The minimum absolute atomic E-state index is 0.174. The van der Waals surface area contributed by atoms with Crippen LogP contribution in [0.5, 0.6) is 0 Å². The van der Waals surface area contributed by atoms with Gasteiger partial charge in [0.15, 0.2) is 0 Å². The second-order valence-electron chi connectivity index (χ2n) is 6.46. The topological polar surface area (TPSA) is 71.3 Å². The zero-order chi connectivity index (χ0) is 18.7. The minimum atomic E-state index is -0.383. The Morgan fingerprint density at radius 2 is 1.73 bits per heavy atom. The molecule has 2 aromatic carbocycles. The molecule has 3 aromatic rings. The number of aryl methyl sites for hydroxylation is 1. The fourth-order valence-corrected chi connectivity index (χ4v) is 2.48. The minimum Gasteiger partial charge on any atom is -0.378 e. The van der Waals surface area contributed by atoms with Crippen LogP contribution < -0.4 is 10.2 Å². The van der Waals surface area contributed by atoms with Crippen molar-refractivity contribution in [2.24, 2.45) is 0 Å². The first-order valence-corrected chi connectivity index (χ1v) is 8.43. The number of carbonyl (C=O) groups excluding carboxylic acids is 1. The molecule has 0 radical (unpaired) electrons. The highest BCUT2D eigenvalue weighted by atomic mass is 16.5. The molecule has 0 aliphatic rings. The number of nitrogens with zero attached hydrogens (tertiary/aromatic N) is 3. The van der Waals surface area contributed by atoms with Gasteiger partial charge in [-0.2, -0.15) is 4.98 Å². The van der Waals surface area contributed by atoms with E-state index in [9.17, 15) is 4.79 Å². The van der Waals surface area contributed by atoms with Crippen LogP contribution in [0.15, 0.2) is 53.1 Å². The van der Waals surface area contributed by atoms with Gasteiger partial charge in [-0.25, -0.2) is 0 Å². The third-order valence-electron chi connectivity index (χ3n) is 4.12. The molecule has 0 saturated carbocycles. The van der Waals surface area contributed by atoms with Crippen molar-refractivity contribution in [3.63, 3.8) is 0 Å². The zero-order valence-corrected chi connectivity index (χ0v) is 15.4. The van der Waals surface area contributed by atoms with Gasteiger partial charge in [0.2, 0.25) is 11.7 Å². The smallest absolute Gasteiger partial charge is 0.251 e. The van der Waals surface area contributed by atoms with Gasteiger partial charge in [-0.1, -0.05) is 22.9 Å². The van der Waals surface area contributed by atoms with Crippen LogP contribution in [0.2, 0.25) is 0 Å². The van der Waals surface area contributed by atoms with E-state index in [2.05, 4.69) is 15.5 Å². The predicted octanol–water partition coefficient (Wildman–Crippen LogP) is 3.60. The van der Waals surface area contributed by atoms with E-state index in [1.807, 2.05) is 69.2 Å². The normalized spacial score (nSPS) is 11.8. The number of amides is 1. The number of aromatic nitrogens is 2. The number of anilines is 1. The van der Waals surface area contributed by atoms with Crippen molar-refractivity contribution < 1.29 is 9.32 Å². The van der Waals surface area contributed by atoms with Gasteiger partial charge >= 0.3 is 0 Å². The Bertz CT molecular complexity index is 883. The van der Waals surface area contributed by atoms with Crippen LogP contribution in [0.4, 0.5) is 5.69 Å². The van der Waals surface area contributed by atoms with Crippen LogP contribution in [0.1, 0.15) is 34.8 Å². The maximum Gasteiger partial charge on any atom is 0.251 e. The van der Waals surface area contributed by atoms with E-state index in [4.69, 9.17) is 4.52 Å². The van der Waals surface area contributed by atoms with E-state index < -0.39 is 0 Å². The van der Waals surface area contributed by atoms with E-state index in [0.717, 1.165) is 16.8 Å². The molecule has 1 heterocycles. The lowest BCUT2D eigenvalue weighted by molar-refractivity contribution is 0.0932. The SMILES string of the molecule is Cc1ccc(C(=O)NC(C)c2nc(-c3ccc(N(C)C)cc3)no2)cc1. The maximum atomic E-state index is 12.3. The third-order valence-corrected chi connectivity index (χ3v) is 4.12. The van der Waals surface area contributed by atoms with Gasteiger partial charge in [0, 0.05) is 30.9 Å². The summed E-state index contributed by atoms with van der Waals surface area (Å²) in [6.07, 6.45) is 0. The third kappa shape index (κ3) is 3.91. The molecule has 1 aromatic heterocycles. The highest BCUT2D eigenvalue weighted by Crippen LogP contribution is 2.21. The van der Waals surface area contributed by atoms with Gasteiger partial charge in [-0.15, -0.1) is 0 Å². The van der Waals surface area contributed by atoms with Crippen LogP contribution >= 0.6 is 0 Å². The molecule has 26 heavy (non-hydrogen) atoms. The number of hydrogen-bond donors (Lipinski definition) is 1. The Labute approximate surface area is 152 Å². The number of carbonyl (C=O) groups is 1. The lowest BCUT2D eigenvalue weighted by atomic mass is 10.1. The molecule has 0 aliphatic heterocycles. The first kappa shape index (κ1) is 17.7. The van der Waals surface area contributed by atoms with Crippen LogP contribution in [0.25, 0.3) is 11.4 Å². The number of hydrogen-bond acceptors (Lipinski definition) is 5. The summed E-state index contributed by atoms with van der Waals surface area (Å²) in [4.78, 5) is 18.7. The summed E-state index contributed by atoms with van der Waals surface area (Å²) in [5.41, 5.74) is 3.66. The lowest BCUT2D eigenvalue weighted by Crippen LogP contribution is -2.26. The molecule has 1 atom stereocenters. The molecule has 0 aliphatic carbocycles. The van der Waals surface area contributed by atoms with Gasteiger partial charge in [-0.3, -0.25) is 4.79 Å². The first-order valence-electron chi connectivity index (χ1n) is 8.43. The van der Waals surface area contributed by atoms with Crippen molar-refractivity contribution in [1.29, 1.82) is 0 Å². The lowest BCUT2D eigenvalue weighted by Gasteiger charge is -2.11. The van der Waals surface area contributed by atoms with Crippen molar-refractivity contribution in [2.75, 3.05) is 19.0 Å². The molecule has 1 unspecified atom stereocenters. The van der Waals surface area contributed by atoms with Crippen molar-refractivity contribution in [1.82, 2.24) is 15.5 Å². The largest absolute Gasteiger partial charge is 0.378 e. The summed E-state index contributed by atoms with van der Waals surface area (Å²) >= 11 is 0. The van der Waals surface area contributed by atoms with E-state index in [1.54, 1.807) is 12.1 Å². The van der Waals surface area contributed by atoms with Crippen LogP contribution in [0.3, 0.4) is 0 Å². The maximum absolute atomic E-state index is 12.3. The summed E-state index contributed by atoms with van der Waals surface area (Å²) in [5, 5.41) is 6.90. The van der Waals surface area contributed by atoms with E-state index in [1.165, 1.54) is 0 Å². The Hall–Kier alpha value is -3.15. The number of rotatable bonds is 5. The molecule has 6 heteroatoms. The molecule has 1 amide bonds. The Morgan fingerprint density at radius 3 is 2.35 bits per heavy atom. The Morgan fingerprint density at radius 1 is 1.08 bits per heavy atom. The molecule has 0 fully saturated rings. The van der Waals surface area contributed by atoms with Crippen molar-refractivity contribution in [3.05, 3.63) is 65.5 Å². The van der Waals surface area contributed by atoms with Crippen molar-refractivity contribution >= 4 is 11.6 Å². The van der Waals surface area contributed by atoms with E-state index in [0.29, 0.717) is 17.3 Å². The van der Waals surface area contributed by atoms with Crippen LogP contribution in [0, 0.1) is 6.92 Å². The average molecular weight is 350 g/mol. The standard InChI is InChI=1S/C20H22N4O2/c1-13-5-7-16(8-6-13)19(25)21-14(2)20-22-18(23-26-20)15-9-11-17(12-10-15)24(3)4/h5-12,14H,1-4H3,(H,21,25). The van der Waals surface area contributed by atoms with Gasteiger partial charge in [0.1, 0.15) is 6.04 Å². The number of benzene rings is 2. The summed E-state index contributed by atoms with van der Waals surface area (Å²) in [7, 11) is 3.97. The van der Waals surface area contributed by atoms with E-state index >= 15 is 0 Å². The zero-order valence-electron chi connectivity index (χ0n) is 15.4. The van der Waals surface area contributed by atoms with Crippen LogP contribution in [-0.4, -0.2) is 30.1 Å². The second-order valence-corrected chi connectivity index (χ2v) is 6.46. The number of nitrogens with one attached hydrogen (secondary N) is 1. The monoisotopic (exact) mass is 350 g/mol. The summed E-state index contributed by atoms with van der Waals surface area (Å²) in [5.74, 6) is 0.700. The van der Waals surface area contributed by atoms with Gasteiger partial charge in [-0.05, 0) is 50.2 Å². The fourth-order valence-electron chi connectivity index (χ4n) is 2.48. The quantitative estimate of drug-likeness (QED) is 0.761. The highest BCUT2D eigenvalue weighted by molar-refractivity contribution is 5.94. The fraction of sp³-hybridized carbons (Fsp3) is 0.250. The molecule has 0 spiro atoms. The summed E-state index contributed by atoms with van der Waals surface area (Å²) in [6, 6.07) is 14.9. The van der Waals surface area contributed by atoms with E-state index in [-0.39, 0.29) is 11.9 Å². The first-order chi connectivity index (χ1) is 12.4.